The highest BCUT2D eigenvalue weighted by atomic mass is 16.3. The fourth-order valence-corrected chi connectivity index (χ4v) is 1.18. The van der Waals surface area contributed by atoms with Crippen molar-refractivity contribution in [3.8, 4) is 0 Å². The van der Waals surface area contributed by atoms with Gasteiger partial charge in [0, 0.05) is 11.7 Å². The van der Waals surface area contributed by atoms with E-state index < -0.39 is 6.10 Å². The van der Waals surface area contributed by atoms with Gasteiger partial charge in [0.05, 0.1) is 11.8 Å². The van der Waals surface area contributed by atoms with Gasteiger partial charge in [0.15, 0.2) is 0 Å². The van der Waals surface area contributed by atoms with Gasteiger partial charge in [-0.3, -0.25) is 4.98 Å². The van der Waals surface area contributed by atoms with Crippen LogP contribution in [0.1, 0.15) is 32.1 Å². The molecule has 0 amide bonds. The second kappa shape index (κ2) is 3.85. The molecule has 0 saturated carbocycles. The zero-order valence-electron chi connectivity index (χ0n) is 8.07. The van der Waals surface area contributed by atoms with Crippen LogP contribution in [0.3, 0.4) is 0 Å². The monoisotopic (exact) mass is 180 g/mol. The third-order valence-corrected chi connectivity index (χ3v) is 1.75. The van der Waals surface area contributed by atoms with Gasteiger partial charge in [0.2, 0.25) is 0 Å². The summed E-state index contributed by atoms with van der Waals surface area (Å²) in [5.74, 6) is 0. The van der Waals surface area contributed by atoms with Crippen molar-refractivity contribution in [1.29, 1.82) is 0 Å². The maximum atomic E-state index is 9.71. The molecule has 0 aliphatic carbocycles. The summed E-state index contributed by atoms with van der Waals surface area (Å²) < 4.78 is 0. The number of nitrogens with two attached hydrogens (primary N) is 1. The van der Waals surface area contributed by atoms with E-state index >= 15 is 0 Å². The first-order chi connectivity index (χ1) is 5.99. The Hall–Kier alpha value is -0.930. The van der Waals surface area contributed by atoms with E-state index in [9.17, 15) is 5.11 Å². The second-order valence-electron chi connectivity index (χ2n) is 3.96. The van der Waals surface area contributed by atoms with Gasteiger partial charge in [-0.1, -0.05) is 6.07 Å². The first-order valence-corrected chi connectivity index (χ1v) is 4.37. The Bertz CT molecular complexity index is 253. The van der Waals surface area contributed by atoms with E-state index in [1.807, 2.05) is 26.0 Å². The highest BCUT2D eigenvalue weighted by Gasteiger charge is 2.18. The summed E-state index contributed by atoms with van der Waals surface area (Å²) >= 11 is 0. The summed E-state index contributed by atoms with van der Waals surface area (Å²) in [6.45, 7) is 3.78. The van der Waals surface area contributed by atoms with E-state index in [2.05, 4.69) is 4.98 Å². The summed E-state index contributed by atoms with van der Waals surface area (Å²) in [6.07, 6.45) is 1.62. The Morgan fingerprint density at radius 3 is 2.69 bits per heavy atom. The van der Waals surface area contributed by atoms with Crippen molar-refractivity contribution < 1.29 is 5.11 Å². The first kappa shape index (κ1) is 10.2. The molecule has 1 aromatic rings. The molecular weight excluding hydrogens is 164 g/mol. The lowest BCUT2D eigenvalue weighted by Gasteiger charge is -2.21. The molecule has 3 nitrogen and oxygen atoms in total. The lowest BCUT2D eigenvalue weighted by molar-refractivity contribution is 0.138. The van der Waals surface area contributed by atoms with E-state index in [4.69, 9.17) is 5.73 Å². The van der Waals surface area contributed by atoms with Crippen LogP contribution in [0, 0.1) is 0 Å². The first-order valence-electron chi connectivity index (χ1n) is 4.37. The van der Waals surface area contributed by atoms with Crippen LogP contribution in [-0.4, -0.2) is 15.6 Å². The number of nitrogens with zero attached hydrogens (tertiary/aromatic N) is 1. The van der Waals surface area contributed by atoms with E-state index in [1.54, 1.807) is 12.3 Å². The fourth-order valence-electron chi connectivity index (χ4n) is 1.18. The van der Waals surface area contributed by atoms with E-state index in [-0.39, 0.29) is 5.54 Å². The van der Waals surface area contributed by atoms with Crippen molar-refractivity contribution >= 4 is 0 Å². The molecule has 0 spiro atoms. The highest BCUT2D eigenvalue weighted by Crippen LogP contribution is 2.19. The molecule has 1 heterocycles. The van der Waals surface area contributed by atoms with Crippen LogP contribution in [-0.2, 0) is 0 Å². The number of pyridine rings is 1. The Morgan fingerprint density at radius 1 is 1.54 bits per heavy atom. The molecular formula is C10H16N2O. The minimum absolute atomic E-state index is 0.364. The molecule has 1 unspecified atom stereocenters. The van der Waals surface area contributed by atoms with Crippen molar-refractivity contribution in [3.63, 3.8) is 0 Å². The zero-order chi connectivity index (χ0) is 9.90. The lowest BCUT2D eigenvalue weighted by atomic mass is 9.96. The molecule has 0 radical (unpaired) electrons. The smallest absolute Gasteiger partial charge is 0.0977 e. The van der Waals surface area contributed by atoms with Crippen LogP contribution in [0.2, 0.25) is 0 Å². The molecule has 0 saturated heterocycles. The summed E-state index contributed by atoms with van der Waals surface area (Å²) in [4.78, 5) is 4.06. The Labute approximate surface area is 78.6 Å². The molecule has 0 bridgehead atoms. The lowest BCUT2D eigenvalue weighted by Crippen LogP contribution is -2.33. The topological polar surface area (TPSA) is 59.1 Å². The molecule has 0 aliphatic heterocycles. The molecule has 1 rings (SSSR count). The third kappa shape index (κ3) is 3.53. The van der Waals surface area contributed by atoms with E-state index in [0.717, 1.165) is 0 Å². The summed E-state index contributed by atoms with van der Waals surface area (Å²) in [5.41, 5.74) is 6.10. The number of aliphatic hydroxyl groups is 1. The average Bonchev–Trinajstić information content (AvgIpc) is 2.03. The van der Waals surface area contributed by atoms with Crippen LogP contribution in [0.15, 0.2) is 24.4 Å². The number of rotatable bonds is 3. The second-order valence-corrected chi connectivity index (χ2v) is 3.96. The Morgan fingerprint density at radius 2 is 2.23 bits per heavy atom. The number of aliphatic hydroxyl groups excluding tert-OH is 1. The quantitative estimate of drug-likeness (QED) is 0.735. The molecule has 0 aliphatic rings. The summed E-state index contributed by atoms with van der Waals surface area (Å²) in [5, 5.41) is 9.71. The van der Waals surface area contributed by atoms with Crippen LogP contribution in [0.5, 0.6) is 0 Å². The van der Waals surface area contributed by atoms with Crippen molar-refractivity contribution in [1.82, 2.24) is 4.98 Å². The summed E-state index contributed by atoms with van der Waals surface area (Å²) in [6, 6.07) is 5.48. The maximum absolute atomic E-state index is 9.71. The van der Waals surface area contributed by atoms with Gasteiger partial charge in [-0.15, -0.1) is 0 Å². The van der Waals surface area contributed by atoms with Gasteiger partial charge < -0.3 is 10.8 Å². The van der Waals surface area contributed by atoms with Gasteiger partial charge in [0.1, 0.15) is 0 Å². The molecule has 0 fully saturated rings. The normalized spacial score (nSPS) is 14.2. The third-order valence-electron chi connectivity index (χ3n) is 1.75. The predicted molar refractivity (Wildman–Crippen MR) is 52.1 cm³/mol. The van der Waals surface area contributed by atoms with Crippen LogP contribution in [0.25, 0.3) is 0 Å². The minimum atomic E-state index is -0.568. The standard InChI is InChI=1S/C10H16N2O/c1-10(2,11)7-9(13)8-5-3-4-6-12-8/h3-6,9,13H,7,11H2,1-2H3. The molecule has 72 valence electrons. The Kier molecular flexibility index (Phi) is 3.01. The van der Waals surface area contributed by atoms with Crippen molar-refractivity contribution in [2.24, 2.45) is 5.73 Å². The van der Waals surface area contributed by atoms with E-state index in [0.29, 0.717) is 12.1 Å². The van der Waals surface area contributed by atoms with Gasteiger partial charge in [-0.2, -0.15) is 0 Å². The number of hydrogen-bond acceptors (Lipinski definition) is 3. The fraction of sp³-hybridized carbons (Fsp3) is 0.500. The van der Waals surface area contributed by atoms with E-state index in [1.165, 1.54) is 0 Å². The van der Waals surface area contributed by atoms with Crippen LogP contribution < -0.4 is 5.73 Å². The molecule has 3 N–H and O–H groups in total. The van der Waals surface area contributed by atoms with Crippen LogP contribution in [0.4, 0.5) is 0 Å². The largest absolute Gasteiger partial charge is 0.387 e. The minimum Gasteiger partial charge on any atom is -0.387 e. The summed E-state index contributed by atoms with van der Waals surface area (Å²) in [7, 11) is 0. The van der Waals surface area contributed by atoms with Crippen molar-refractivity contribution in [3.05, 3.63) is 30.1 Å². The van der Waals surface area contributed by atoms with Crippen LogP contribution >= 0.6 is 0 Å². The molecule has 0 aromatic carbocycles. The number of hydrogen-bond donors (Lipinski definition) is 2. The van der Waals surface area contributed by atoms with Crippen molar-refractivity contribution in [2.75, 3.05) is 0 Å². The molecule has 1 aromatic heterocycles. The van der Waals surface area contributed by atoms with Gasteiger partial charge >= 0.3 is 0 Å². The average molecular weight is 180 g/mol. The molecule has 1 atom stereocenters. The highest BCUT2D eigenvalue weighted by molar-refractivity contribution is 5.07. The predicted octanol–water partition coefficient (Wildman–Crippen LogP) is 1.24. The Balaban J connectivity index is 2.64. The van der Waals surface area contributed by atoms with Gasteiger partial charge in [-0.05, 0) is 32.4 Å². The number of aromatic nitrogens is 1. The van der Waals surface area contributed by atoms with Gasteiger partial charge in [0.25, 0.3) is 0 Å². The maximum Gasteiger partial charge on any atom is 0.0977 e. The molecule has 13 heavy (non-hydrogen) atoms. The van der Waals surface area contributed by atoms with Crippen molar-refractivity contribution in [2.45, 2.75) is 31.9 Å². The zero-order valence-corrected chi connectivity index (χ0v) is 8.07. The SMILES string of the molecule is CC(C)(N)CC(O)c1ccccn1. The van der Waals surface area contributed by atoms with Gasteiger partial charge in [-0.25, -0.2) is 0 Å². The molecule has 3 heteroatoms.